The molecule has 0 unspecified atom stereocenters. The van der Waals surface area contributed by atoms with Crippen LogP contribution >= 0.6 is 0 Å². The van der Waals surface area contributed by atoms with Crippen LogP contribution in [-0.2, 0) is 0 Å². The second kappa shape index (κ2) is 8.87. The van der Waals surface area contributed by atoms with E-state index in [0.717, 1.165) is 10.7 Å². The number of aromatic nitrogens is 2. The molecule has 0 saturated heterocycles. The lowest BCUT2D eigenvalue weighted by Crippen LogP contribution is -2.42. The number of aliphatic hydroxyl groups is 1. The molecule has 0 aliphatic carbocycles. The normalized spacial score (nSPS) is 12.8. The number of methoxy groups -OCH3 is 1. The van der Waals surface area contributed by atoms with E-state index in [2.05, 4.69) is 10.4 Å². The van der Waals surface area contributed by atoms with Gasteiger partial charge in [-0.1, -0.05) is 6.07 Å². The molecular weight excluding hydrogens is 389 g/mol. The Balaban J connectivity index is 2.16. The molecule has 156 valence electrons. The average Bonchev–Trinajstić information content (AvgIpc) is 2.73. The van der Waals surface area contributed by atoms with Gasteiger partial charge in [-0.3, -0.25) is 9.59 Å². The highest BCUT2D eigenvalue weighted by Gasteiger charge is 2.20. The highest BCUT2D eigenvalue weighted by atomic mass is 19.1. The van der Waals surface area contributed by atoms with Crippen LogP contribution in [-0.4, -0.2) is 40.0 Å². The third-order valence-electron chi connectivity index (χ3n) is 4.68. The van der Waals surface area contributed by atoms with Crippen LogP contribution in [0.15, 0.2) is 59.4 Å². The van der Waals surface area contributed by atoms with Gasteiger partial charge in [-0.25, -0.2) is 4.39 Å². The number of hydrogen-bond acceptors (Lipinski definition) is 5. The van der Waals surface area contributed by atoms with Crippen molar-refractivity contribution in [2.75, 3.05) is 7.11 Å². The van der Waals surface area contributed by atoms with Crippen molar-refractivity contribution < 1.29 is 19.0 Å². The monoisotopic (exact) mass is 411 g/mol. The molecule has 0 aliphatic heterocycles. The largest absolute Gasteiger partial charge is 0.497 e. The molecule has 1 heterocycles. The number of ether oxygens (including phenoxy) is 1. The number of carbonyl (C=O) groups is 1. The standard InChI is InChI=1S/C22H22FN3O4/c1-13(14(2)27)24-21(28)19-12-20(15-7-9-18(30-3)10-8-15)25-26(22(19)29)17-6-4-5-16(23)11-17/h4-14,27H,1-3H3,(H,24,28)/t13-,14-/m0/s1. The van der Waals surface area contributed by atoms with E-state index in [4.69, 9.17) is 4.74 Å². The number of aliphatic hydroxyl groups excluding tert-OH is 1. The van der Waals surface area contributed by atoms with Gasteiger partial charge in [0.1, 0.15) is 17.1 Å². The summed E-state index contributed by atoms with van der Waals surface area (Å²) in [5, 5.41) is 16.6. The maximum Gasteiger partial charge on any atom is 0.284 e. The summed E-state index contributed by atoms with van der Waals surface area (Å²) in [4.78, 5) is 25.7. The Morgan fingerprint density at radius 1 is 1.17 bits per heavy atom. The molecule has 7 nitrogen and oxygen atoms in total. The maximum atomic E-state index is 13.7. The van der Waals surface area contributed by atoms with Crippen molar-refractivity contribution in [2.24, 2.45) is 0 Å². The van der Waals surface area contributed by atoms with Gasteiger partial charge < -0.3 is 15.2 Å². The fourth-order valence-corrected chi connectivity index (χ4v) is 2.75. The van der Waals surface area contributed by atoms with Crippen molar-refractivity contribution in [3.05, 3.63) is 76.3 Å². The molecule has 2 atom stereocenters. The van der Waals surface area contributed by atoms with Crippen LogP contribution in [0, 0.1) is 5.82 Å². The molecule has 8 heteroatoms. The molecule has 0 saturated carbocycles. The summed E-state index contributed by atoms with van der Waals surface area (Å²) >= 11 is 0. The van der Waals surface area contributed by atoms with E-state index in [-0.39, 0.29) is 11.3 Å². The summed E-state index contributed by atoms with van der Waals surface area (Å²) in [5.41, 5.74) is 0.295. The first-order valence-electron chi connectivity index (χ1n) is 9.34. The summed E-state index contributed by atoms with van der Waals surface area (Å²) in [5.74, 6) is -0.554. The number of benzene rings is 2. The summed E-state index contributed by atoms with van der Waals surface area (Å²) in [6.45, 7) is 3.16. The Bertz CT molecular complexity index is 1110. The molecule has 0 fully saturated rings. The molecule has 30 heavy (non-hydrogen) atoms. The van der Waals surface area contributed by atoms with Gasteiger partial charge in [-0.15, -0.1) is 0 Å². The average molecular weight is 411 g/mol. The van der Waals surface area contributed by atoms with Gasteiger partial charge in [0, 0.05) is 5.56 Å². The van der Waals surface area contributed by atoms with Crippen LogP contribution in [0.3, 0.4) is 0 Å². The van der Waals surface area contributed by atoms with Gasteiger partial charge >= 0.3 is 0 Å². The van der Waals surface area contributed by atoms with Crippen molar-refractivity contribution in [1.29, 1.82) is 0 Å². The lowest BCUT2D eigenvalue weighted by atomic mass is 10.1. The maximum absolute atomic E-state index is 13.7. The van der Waals surface area contributed by atoms with E-state index in [9.17, 15) is 19.1 Å². The van der Waals surface area contributed by atoms with Crippen molar-refractivity contribution in [3.8, 4) is 22.7 Å². The third-order valence-corrected chi connectivity index (χ3v) is 4.68. The number of halogens is 1. The summed E-state index contributed by atoms with van der Waals surface area (Å²) in [6, 6.07) is 13.1. The van der Waals surface area contributed by atoms with Crippen LogP contribution < -0.4 is 15.6 Å². The molecule has 0 aliphatic rings. The minimum atomic E-state index is -0.803. The Kier molecular flexibility index (Phi) is 6.27. The van der Waals surface area contributed by atoms with Gasteiger partial charge in [0.25, 0.3) is 11.5 Å². The van der Waals surface area contributed by atoms with Gasteiger partial charge in [-0.2, -0.15) is 9.78 Å². The van der Waals surface area contributed by atoms with Crippen LogP contribution in [0.1, 0.15) is 24.2 Å². The first-order chi connectivity index (χ1) is 14.3. The van der Waals surface area contributed by atoms with Crippen molar-refractivity contribution in [1.82, 2.24) is 15.1 Å². The Morgan fingerprint density at radius 2 is 1.87 bits per heavy atom. The van der Waals surface area contributed by atoms with Gasteiger partial charge in [0.2, 0.25) is 0 Å². The minimum absolute atomic E-state index is 0.174. The zero-order valence-corrected chi connectivity index (χ0v) is 16.8. The van der Waals surface area contributed by atoms with Crippen LogP contribution in [0.2, 0.25) is 0 Å². The summed E-state index contributed by atoms with van der Waals surface area (Å²) in [6.07, 6.45) is -0.803. The van der Waals surface area contributed by atoms with E-state index in [0.29, 0.717) is 17.0 Å². The number of rotatable bonds is 6. The number of amides is 1. The molecule has 3 aromatic rings. The number of hydrogen-bond donors (Lipinski definition) is 2. The SMILES string of the molecule is COc1ccc(-c2cc(C(=O)N[C@@H](C)[C@H](C)O)c(=O)n(-c3cccc(F)c3)n2)cc1. The summed E-state index contributed by atoms with van der Waals surface area (Å²) in [7, 11) is 1.54. The van der Waals surface area contributed by atoms with E-state index < -0.39 is 29.4 Å². The second-order valence-electron chi connectivity index (χ2n) is 6.87. The first kappa shape index (κ1) is 21.2. The Hall–Kier alpha value is -3.52. The first-order valence-corrected chi connectivity index (χ1v) is 9.34. The molecule has 0 spiro atoms. The number of nitrogens with one attached hydrogen (secondary N) is 1. The lowest BCUT2D eigenvalue weighted by Gasteiger charge is -2.17. The van der Waals surface area contributed by atoms with E-state index in [1.807, 2.05) is 0 Å². The van der Waals surface area contributed by atoms with Crippen LogP contribution in [0.4, 0.5) is 4.39 Å². The zero-order chi connectivity index (χ0) is 21.8. The molecule has 3 rings (SSSR count). The minimum Gasteiger partial charge on any atom is -0.497 e. The zero-order valence-electron chi connectivity index (χ0n) is 16.8. The fraction of sp³-hybridized carbons (Fsp3) is 0.227. The number of carbonyl (C=O) groups excluding carboxylic acids is 1. The van der Waals surface area contributed by atoms with Crippen LogP contribution in [0.25, 0.3) is 16.9 Å². The molecular formula is C22H22FN3O4. The van der Waals surface area contributed by atoms with Crippen molar-refractivity contribution >= 4 is 5.91 Å². The topological polar surface area (TPSA) is 93.5 Å². The van der Waals surface area contributed by atoms with E-state index in [1.54, 1.807) is 38.3 Å². The Morgan fingerprint density at radius 3 is 2.47 bits per heavy atom. The molecule has 1 aromatic heterocycles. The fourth-order valence-electron chi connectivity index (χ4n) is 2.75. The predicted octanol–water partition coefficient (Wildman–Crippen LogP) is 2.55. The summed E-state index contributed by atoms with van der Waals surface area (Å²) < 4.78 is 19.9. The predicted molar refractivity (Wildman–Crippen MR) is 110 cm³/mol. The van der Waals surface area contributed by atoms with Gasteiger partial charge in [-0.05, 0) is 62.4 Å². The third kappa shape index (κ3) is 4.55. The molecule has 1 amide bonds. The van der Waals surface area contributed by atoms with Crippen LogP contribution in [0.5, 0.6) is 5.75 Å². The van der Waals surface area contributed by atoms with Gasteiger partial charge in [0.15, 0.2) is 0 Å². The van der Waals surface area contributed by atoms with Gasteiger partial charge in [0.05, 0.1) is 30.6 Å². The highest BCUT2D eigenvalue weighted by molar-refractivity contribution is 5.95. The van der Waals surface area contributed by atoms with E-state index >= 15 is 0 Å². The quantitative estimate of drug-likeness (QED) is 0.650. The molecule has 0 radical (unpaired) electrons. The Labute approximate surface area is 172 Å². The highest BCUT2D eigenvalue weighted by Crippen LogP contribution is 2.21. The molecule has 0 bridgehead atoms. The van der Waals surface area contributed by atoms with Crippen molar-refractivity contribution in [2.45, 2.75) is 26.0 Å². The van der Waals surface area contributed by atoms with Crippen molar-refractivity contribution in [3.63, 3.8) is 0 Å². The van der Waals surface area contributed by atoms with E-state index in [1.165, 1.54) is 31.2 Å². The molecule has 2 N–H and O–H groups in total. The molecule has 2 aromatic carbocycles. The second-order valence-corrected chi connectivity index (χ2v) is 6.87. The smallest absolute Gasteiger partial charge is 0.284 e. The lowest BCUT2D eigenvalue weighted by molar-refractivity contribution is 0.0871. The number of nitrogens with zero attached hydrogens (tertiary/aromatic N) is 2.